The molecule has 0 bridgehead atoms. The third kappa shape index (κ3) is 2.84. The summed E-state index contributed by atoms with van der Waals surface area (Å²) in [5, 5.41) is 11.7. The third-order valence-electron chi connectivity index (χ3n) is 2.19. The van der Waals surface area contributed by atoms with E-state index < -0.39 is 5.97 Å². The van der Waals surface area contributed by atoms with Gasteiger partial charge in [-0.15, -0.1) is 0 Å². The van der Waals surface area contributed by atoms with Gasteiger partial charge in [-0.05, 0) is 18.2 Å². The van der Waals surface area contributed by atoms with Gasteiger partial charge in [-0.1, -0.05) is 15.9 Å². The van der Waals surface area contributed by atoms with Crippen LogP contribution in [-0.4, -0.2) is 18.2 Å². The summed E-state index contributed by atoms with van der Waals surface area (Å²) >= 11 is 3.35. The number of furan rings is 1. The van der Waals surface area contributed by atoms with Crippen LogP contribution in [0.15, 0.2) is 39.2 Å². The van der Waals surface area contributed by atoms with Crippen LogP contribution in [0, 0.1) is 0 Å². The highest BCUT2D eigenvalue weighted by Crippen LogP contribution is 2.27. The van der Waals surface area contributed by atoms with Crippen LogP contribution in [0.3, 0.4) is 0 Å². The summed E-state index contributed by atoms with van der Waals surface area (Å²) in [5.74, 6) is -0.182. The number of methoxy groups -OCH3 is 1. The van der Waals surface area contributed by atoms with Gasteiger partial charge < -0.3 is 19.6 Å². The Morgan fingerprint density at radius 3 is 2.78 bits per heavy atom. The first-order valence-corrected chi connectivity index (χ1v) is 5.82. The largest absolute Gasteiger partial charge is 0.497 e. The highest BCUT2D eigenvalue weighted by molar-refractivity contribution is 9.10. The van der Waals surface area contributed by atoms with Crippen LogP contribution in [0.25, 0.3) is 0 Å². The van der Waals surface area contributed by atoms with Crippen molar-refractivity contribution in [2.75, 3.05) is 12.4 Å². The predicted octanol–water partition coefficient (Wildman–Crippen LogP) is 3.49. The molecule has 94 valence electrons. The second kappa shape index (κ2) is 5.14. The van der Waals surface area contributed by atoms with Crippen LogP contribution in [0.2, 0.25) is 0 Å². The van der Waals surface area contributed by atoms with E-state index in [1.807, 2.05) is 12.1 Å². The van der Waals surface area contributed by atoms with Crippen LogP contribution >= 0.6 is 15.9 Å². The van der Waals surface area contributed by atoms with E-state index >= 15 is 0 Å². The van der Waals surface area contributed by atoms with E-state index in [0.717, 1.165) is 10.2 Å². The molecule has 1 heterocycles. The molecule has 2 aromatic rings. The second-order valence-electron chi connectivity index (χ2n) is 3.47. The Labute approximate surface area is 111 Å². The summed E-state index contributed by atoms with van der Waals surface area (Å²) in [4.78, 5) is 10.7. The number of aromatic carboxylic acids is 1. The molecule has 0 saturated heterocycles. The number of hydrogen-bond acceptors (Lipinski definition) is 4. The van der Waals surface area contributed by atoms with Gasteiger partial charge in [0.15, 0.2) is 5.88 Å². The molecule has 0 saturated carbocycles. The van der Waals surface area contributed by atoms with Gasteiger partial charge in [0.2, 0.25) is 5.76 Å². The first-order valence-electron chi connectivity index (χ1n) is 5.03. The summed E-state index contributed by atoms with van der Waals surface area (Å²) in [5.41, 5.74) is 0.729. The number of hydrogen-bond donors (Lipinski definition) is 2. The molecule has 1 aromatic carbocycles. The molecular weight excluding hydrogens is 302 g/mol. The summed E-state index contributed by atoms with van der Waals surface area (Å²) in [6.45, 7) is 0. The molecule has 18 heavy (non-hydrogen) atoms. The van der Waals surface area contributed by atoms with Crippen LogP contribution in [-0.2, 0) is 0 Å². The van der Waals surface area contributed by atoms with E-state index in [4.69, 9.17) is 14.3 Å². The van der Waals surface area contributed by atoms with Crippen molar-refractivity contribution in [3.8, 4) is 5.75 Å². The molecule has 2 rings (SSSR count). The number of benzene rings is 1. The summed E-state index contributed by atoms with van der Waals surface area (Å²) in [7, 11) is 1.57. The van der Waals surface area contributed by atoms with Gasteiger partial charge >= 0.3 is 5.97 Å². The zero-order valence-electron chi connectivity index (χ0n) is 9.44. The lowest BCUT2D eigenvalue weighted by molar-refractivity contribution is 0.0663. The Balaban J connectivity index is 2.22. The van der Waals surface area contributed by atoms with Crippen LogP contribution in [0.4, 0.5) is 11.6 Å². The fraction of sp³-hybridized carbons (Fsp3) is 0.0833. The Kier molecular flexibility index (Phi) is 3.57. The Hall–Kier alpha value is -1.95. The van der Waals surface area contributed by atoms with E-state index in [2.05, 4.69) is 21.2 Å². The number of ether oxygens (including phenoxy) is 1. The second-order valence-corrected chi connectivity index (χ2v) is 4.39. The van der Waals surface area contributed by atoms with Gasteiger partial charge in [-0.25, -0.2) is 4.79 Å². The van der Waals surface area contributed by atoms with Crippen molar-refractivity contribution in [1.82, 2.24) is 0 Å². The Morgan fingerprint density at radius 2 is 2.17 bits per heavy atom. The minimum absolute atomic E-state index is 0.112. The number of halogens is 1. The van der Waals surface area contributed by atoms with Crippen LogP contribution < -0.4 is 10.1 Å². The van der Waals surface area contributed by atoms with Crippen molar-refractivity contribution in [2.24, 2.45) is 0 Å². The molecule has 0 unspecified atom stereocenters. The summed E-state index contributed by atoms with van der Waals surface area (Å²) < 4.78 is 11.1. The maximum absolute atomic E-state index is 10.7. The Morgan fingerprint density at radius 1 is 1.39 bits per heavy atom. The lowest BCUT2D eigenvalue weighted by Gasteiger charge is -2.06. The fourth-order valence-electron chi connectivity index (χ4n) is 1.42. The van der Waals surface area contributed by atoms with E-state index in [0.29, 0.717) is 11.6 Å². The molecule has 1 aromatic heterocycles. The molecule has 2 N–H and O–H groups in total. The zero-order valence-corrected chi connectivity index (χ0v) is 11.0. The van der Waals surface area contributed by atoms with E-state index in [-0.39, 0.29) is 5.76 Å². The first-order chi connectivity index (χ1) is 8.58. The standard InChI is InChI=1S/C12H10BrNO4/c1-17-9-5-7(13)4-8(6-9)14-11-3-2-10(18-11)12(15)16/h2-6,14H,1H3,(H,15,16). The summed E-state index contributed by atoms with van der Waals surface area (Å²) in [6.07, 6.45) is 0. The maximum atomic E-state index is 10.7. The molecule has 0 aliphatic rings. The number of anilines is 2. The monoisotopic (exact) mass is 311 g/mol. The smallest absolute Gasteiger partial charge is 0.371 e. The lowest BCUT2D eigenvalue weighted by atomic mass is 10.3. The molecule has 0 amide bonds. The topological polar surface area (TPSA) is 71.7 Å². The van der Waals surface area contributed by atoms with Crippen LogP contribution in [0.1, 0.15) is 10.6 Å². The molecule has 0 atom stereocenters. The van der Waals surface area contributed by atoms with Gasteiger partial charge in [-0.2, -0.15) is 0 Å². The fourth-order valence-corrected chi connectivity index (χ4v) is 1.89. The van der Waals surface area contributed by atoms with Crippen molar-refractivity contribution in [3.63, 3.8) is 0 Å². The normalized spacial score (nSPS) is 10.1. The number of carbonyl (C=O) groups is 1. The molecule has 5 nitrogen and oxygen atoms in total. The molecule has 6 heteroatoms. The molecule has 0 aliphatic carbocycles. The average molecular weight is 312 g/mol. The van der Waals surface area contributed by atoms with Gasteiger partial charge in [0.05, 0.1) is 7.11 Å². The minimum atomic E-state index is -1.10. The minimum Gasteiger partial charge on any atom is -0.497 e. The van der Waals surface area contributed by atoms with Gasteiger partial charge in [0.1, 0.15) is 5.75 Å². The first kappa shape index (κ1) is 12.5. The highest BCUT2D eigenvalue weighted by atomic mass is 79.9. The van der Waals surface area contributed by atoms with Crippen molar-refractivity contribution in [1.29, 1.82) is 0 Å². The van der Waals surface area contributed by atoms with Crippen molar-refractivity contribution in [3.05, 3.63) is 40.6 Å². The zero-order chi connectivity index (χ0) is 13.1. The predicted molar refractivity (Wildman–Crippen MR) is 69.6 cm³/mol. The van der Waals surface area contributed by atoms with Crippen molar-refractivity contribution >= 4 is 33.5 Å². The lowest BCUT2D eigenvalue weighted by Crippen LogP contribution is -1.93. The van der Waals surface area contributed by atoms with Gasteiger partial charge in [0, 0.05) is 22.3 Å². The van der Waals surface area contributed by atoms with E-state index in [9.17, 15) is 4.79 Å². The molecule has 0 fully saturated rings. The third-order valence-corrected chi connectivity index (χ3v) is 2.65. The Bertz CT molecular complexity index is 579. The molecule has 0 aliphatic heterocycles. The number of carboxylic acids is 1. The average Bonchev–Trinajstić information content (AvgIpc) is 2.76. The van der Waals surface area contributed by atoms with E-state index in [1.54, 1.807) is 19.2 Å². The van der Waals surface area contributed by atoms with Crippen LogP contribution in [0.5, 0.6) is 5.75 Å². The van der Waals surface area contributed by atoms with Gasteiger partial charge in [0.25, 0.3) is 0 Å². The maximum Gasteiger partial charge on any atom is 0.371 e. The number of nitrogens with one attached hydrogen (secondary N) is 1. The molecular formula is C12H10BrNO4. The molecule has 0 spiro atoms. The van der Waals surface area contributed by atoms with Crippen molar-refractivity contribution in [2.45, 2.75) is 0 Å². The van der Waals surface area contributed by atoms with Crippen molar-refractivity contribution < 1.29 is 19.1 Å². The number of rotatable bonds is 4. The molecule has 0 radical (unpaired) electrons. The number of carboxylic acid groups (broad SMARTS) is 1. The highest BCUT2D eigenvalue weighted by Gasteiger charge is 2.09. The van der Waals surface area contributed by atoms with E-state index in [1.165, 1.54) is 6.07 Å². The quantitative estimate of drug-likeness (QED) is 0.904. The summed E-state index contributed by atoms with van der Waals surface area (Å²) in [6, 6.07) is 8.35. The van der Waals surface area contributed by atoms with Gasteiger partial charge in [-0.3, -0.25) is 0 Å². The SMILES string of the molecule is COc1cc(Br)cc(Nc2ccc(C(=O)O)o2)c1.